The minimum atomic E-state index is 0.0126. The van der Waals surface area contributed by atoms with Crippen LogP contribution in [0.3, 0.4) is 0 Å². The first-order valence-corrected chi connectivity index (χ1v) is 10.0. The highest BCUT2D eigenvalue weighted by Gasteiger charge is 2.35. The minimum absolute atomic E-state index is 0.0126. The van der Waals surface area contributed by atoms with Crippen LogP contribution in [0.25, 0.3) is 0 Å². The highest BCUT2D eigenvalue weighted by Crippen LogP contribution is 2.43. The van der Waals surface area contributed by atoms with Gasteiger partial charge in [0.15, 0.2) is 11.5 Å². The lowest BCUT2D eigenvalue weighted by molar-refractivity contribution is -0.122. The molecule has 1 amide bonds. The summed E-state index contributed by atoms with van der Waals surface area (Å²) in [7, 11) is 0. The third kappa shape index (κ3) is 3.83. The molecule has 5 heteroatoms. The molecule has 2 aliphatic heterocycles. The van der Waals surface area contributed by atoms with Crippen LogP contribution in [0.4, 0.5) is 0 Å². The van der Waals surface area contributed by atoms with Crippen LogP contribution < -0.4 is 14.8 Å². The molecule has 1 aliphatic carbocycles. The van der Waals surface area contributed by atoms with Crippen molar-refractivity contribution in [3.05, 3.63) is 23.8 Å². The van der Waals surface area contributed by atoms with E-state index in [2.05, 4.69) is 17.4 Å². The fourth-order valence-corrected chi connectivity index (χ4v) is 4.54. The first-order valence-electron chi connectivity index (χ1n) is 10.0. The molecule has 2 heterocycles. The molecule has 142 valence electrons. The van der Waals surface area contributed by atoms with Gasteiger partial charge in [0.2, 0.25) is 12.7 Å². The van der Waals surface area contributed by atoms with E-state index in [0.717, 1.165) is 50.2 Å². The monoisotopic (exact) mass is 359 g/mol. The van der Waals surface area contributed by atoms with Crippen LogP contribution >= 0.6 is 0 Å². The molecule has 0 radical (unpaired) electrons. The Kier molecular flexibility index (Phi) is 5.34. The molecule has 0 bridgehead atoms. The summed E-state index contributed by atoms with van der Waals surface area (Å²) in [5.41, 5.74) is 1.28. The number of fused-ring (bicyclic) bond motifs is 1. The Balaban J connectivity index is 1.40. The van der Waals surface area contributed by atoms with Crippen LogP contribution in [0.1, 0.15) is 63.4 Å². The van der Waals surface area contributed by atoms with Gasteiger partial charge in [-0.2, -0.15) is 0 Å². The second kappa shape index (κ2) is 7.87. The van der Waals surface area contributed by atoms with E-state index >= 15 is 0 Å². The summed E-state index contributed by atoms with van der Waals surface area (Å²) in [5.74, 6) is 1.80. The molecule has 3 aliphatic rings. The first-order chi connectivity index (χ1) is 12.8. The van der Waals surface area contributed by atoms with Crippen LogP contribution in [0.2, 0.25) is 0 Å². The molecule has 1 aromatic rings. The smallest absolute Gasteiger partial charge is 0.231 e. The fraction of sp³-hybridized carbons (Fsp3) is 0.667. The number of carbonyl (C=O) groups excluding carboxylic acids is 1. The van der Waals surface area contributed by atoms with Gasteiger partial charge < -0.3 is 19.5 Å². The van der Waals surface area contributed by atoms with E-state index in [-0.39, 0.29) is 17.4 Å². The number of amides is 1. The van der Waals surface area contributed by atoms with Crippen molar-refractivity contribution in [2.75, 3.05) is 19.9 Å². The molecule has 1 saturated heterocycles. The van der Waals surface area contributed by atoms with Gasteiger partial charge >= 0.3 is 0 Å². The van der Waals surface area contributed by atoms with Crippen LogP contribution in [0.15, 0.2) is 18.2 Å². The molecule has 2 fully saturated rings. The number of nitrogens with one attached hydrogen (secondary N) is 1. The summed E-state index contributed by atoms with van der Waals surface area (Å²) in [5, 5.41) is 3.22. The quantitative estimate of drug-likeness (QED) is 0.842. The average molecular weight is 359 g/mol. The molecule has 1 N–H and O–H groups in total. The van der Waals surface area contributed by atoms with Crippen LogP contribution in [0.5, 0.6) is 11.5 Å². The summed E-state index contributed by atoms with van der Waals surface area (Å²) < 4.78 is 16.6. The first kappa shape index (κ1) is 17.7. The van der Waals surface area contributed by atoms with Crippen molar-refractivity contribution in [2.24, 2.45) is 0 Å². The Morgan fingerprint density at radius 2 is 1.96 bits per heavy atom. The number of ether oxygens (including phenoxy) is 3. The zero-order valence-corrected chi connectivity index (χ0v) is 15.4. The summed E-state index contributed by atoms with van der Waals surface area (Å²) in [6.45, 7) is 1.85. The van der Waals surface area contributed by atoms with Gasteiger partial charge in [-0.05, 0) is 49.8 Å². The third-order valence-electron chi connectivity index (χ3n) is 6.14. The van der Waals surface area contributed by atoms with E-state index in [1.807, 2.05) is 6.07 Å². The number of carbonyl (C=O) groups is 1. The number of hydrogen-bond acceptors (Lipinski definition) is 4. The van der Waals surface area contributed by atoms with Gasteiger partial charge in [-0.1, -0.05) is 25.3 Å². The molecule has 4 rings (SSSR count). The van der Waals surface area contributed by atoms with Crippen molar-refractivity contribution in [3.8, 4) is 11.5 Å². The standard InChI is InChI=1S/C21H29NO4/c23-20(9-7-17-5-4-12-24-17)22-14-21(10-2-1-3-11-21)16-6-8-18-19(13-16)26-15-25-18/h6,8,13,17H,1-5,7,9-12,14-15H2,(H,22,23). The Morgan fingerprint density at radius 3 is 2.77 bits per heavy atom. The van der Waals surface area contributed by atoms with Crippen LogP contribution in [-0.2, 0) is 14.9 Å². The maximum Gasteiger partial charge on any atom is 0.231 e. The molecular weight excluding hydrogens is 330 g/mol. The van der Waals surface area contributed by atoms with Gasteiger partial charge in [0.25, 0.3) is 0 Å². The fourth-order valence-electron chi connectivity index (χ4n) is 4.54. The van der Waals surface area contributed by atoms with Crippen molar-refractivity contribution in [1.29, 1.82) is 0 Å². The second-order valence-electron chi connectivity index (χ2n) is 7.86. The van der Waals surface area contributed by atoms with E-state index in [4.69, 9.17) is 14.2 Å². The highest BCUT2D eigenvalue weighted by atomic mass is 16.7. The normalized spacial score (nSPS) is 23.8. The van der Waals surface area contributed by atoms with Crippen molar-refractivity contribution < 1.29 is 19.0 Å². The van der Waals surface area contributed by atoms with Crippen molar-refractivity contribution >= 4 is 5.91 Å². The Bertz CT molecular complexity index is 633. The SMILES string of the molecule is O=C(CCC1CCCO1)NCC1(c2ccc3c(c2)OCO3)CCCCC1. The van der Waals surface area contributed by atoms with Crippen molar-refractivity contribution in [3.63, 3.8) is 0 Å². The minimum Gasteiger partial charge on any atom is -0.454 e. The summed E-state index contributed by atoms with van der Waals surface area (Å²) in [6.07, 6.45) is 9.80. The summed E-state index contributed by atoms with van der Waals surface area (Å²) >= 11 is 0. The zero-order chi connectivity index (χ0) is 17.8. The Labute approximate surface area is 155 Å². The molecule has 26 heavy (non-hydrogen) atoms. The predicted octanol–water partition coefficient (Wildman–Crippen LogP) is 3.69. The lowest BCUT2D eigenvalue weighted by Gasteiger charge is -2.38. The van der Waals surface area contributed by atoms with Gasteiger partial charge in [-0.15, -0.1) is 0 Å². The number of benzene rings is 1. The van der Waals surface area contributed by atoms with E-state index in [0.29, 0.717) is 19.8 Å². The number of rotatable bonds is 6. The lowest BCUT2D eigenvalue weighted by Crippen LogP contribution is -2.42. The molecule has 1 atom stereocenters. The Hall–Kier alpha value is -1.75. The Morgan fingerprint density at radius 1 is 1.12 bits per heavy atom. The average Bonchev–Trinajstić information content (AvgIpc) is 3.36. The van der Waals surface area contributed by atoms with E-state index in [1.54, 1.807) is 0 Å². The van der Waals surface area contributed by atoms with E-state index < -0.39 is 0 Å². The van der Waals surface area contributed by atoms with E-state index in [1.165, 1.54) is 24.8 Å². The maximum atomic E-state index is 12.4. The number of hydrogen-bond donors (Lipinski definition) is 1. The molecule has 1 aromatic carbocycles. The third-order valence-corrected chi connectivity index (χ3v) is 6.14. The molecule has 0 aromatic heterocycles. The maximum absolute atomic E-state index is 12.4. The molecule has 1 unspecified atom stereocenters. The van der Waals surface area contributed by atoms with Crippen molar-refractivity contribution in [1.82, 2.24) is 5.32 Å². The van der Waals surface area contributed by atoms with Crippen LogP contribution in [-0.4, -0.2) is 32.0 Å². The molecule has 5 nitrogen and oxygen atoms in total. The lowest BCUT2D eigenvalue weighted by atomic mass is 9.69. The largest absolute Gasteiger partial charge is 0.454 e. The summed E-state index contributed by atoms with van der Waals surface area (Å²) in [6, 6.07) is 6.27. The molecule has 1 saturated carbocycles. The topological polar surface area (TPSA) is 56.8 Å². The van der Waals surface area contributed by atoms with Gasteiger partial charge in [0, 0.05) is 25.0 Å². The van der Waals surface area contributed by atoms with Crippen molar-refractivity contribution in [2.45, 2.75) is 69.3 Å². The van der Waals surface area contributed by atoms with Gasteiger partial charge in [-0.25, -0.2) is 0 Å². The highest BCUT2D eigenvalue weighted by molar-refractivity contribution is 5.76. The molecular formula is C21H29NO4. The van der Waals surface area contributed by atoms with Crippen LogP contribution in [0, 0.1) is 0 Å². The summed E-state index contributed by atoms with van der Waals surface area (Å²) in [4.78, 5) is 12.4. The van der Waals surface area contributed by atoms with Gasteiger partial charge in [0.1, 0.15) is 0 Å². The second-order valence-corrected chi connectivity index (χ2v) is 7.86. The molecule has 0 spiro atoms. The van der Waals surface area contributed by atoms with Gasteiger partial charge in [-0.3, -0.25) is 4.79 Å². The predicted molar refractivity (Wildman–Crippen MR) is 98.5 cm³/mol. The zero-order valence-electron chi connectivity index (χ0n) is 15.4. The van der Waals surface area contributed by atoms with Gasteiger partial charge in [0.05, 0.1) is 6.10 Å². The van der Waals surface area contributed by atoms with E-state index in [9.17, 15) is 4.79 Å².